The van der Waals surface area contributed by atoms with Gasteiger partial charge in [0.15, 0.2) is 0 Å². The molecule has 33 heavy (non-hydrogen) atoms. The third-order valence-electron chi connectivity index (χ3n) is 5.30. The number of benzene rings is 2. The fourth-order valence-corrected chi connectivity index (χ4v) is 4.20. The first-order valence-electron chi connectivity index (χ1n) is 9.81. The number of urea groups is 1. The van der Waals surface area contributed by atoms with E-state index in [9.17, 15) is 14.0 Å². The number of nitriles is 1. The van der Waals surface area contributed by atoms with Gasteiger partial charge in [0.2, 0.25) is 0 Å². The molecule has 0 saturated carbocycles. The van der Waals surface area contributed by atoms with Gasteiger partial charge in [0, 0.05) is 22.3 Å². The number of halogens is 3. The molecule has 1 aromatic heterocycles. The fraction of sp³-hybridized carbons (Fsp3) is 0.182. The Kier molecular flexibility index (Phi) is 6.35. The smallest absolute Gasteiger partial charge is 0.322 e. The number of alkyl halides is 1. The number of amides is 3. The number of primary amides is 1. The summed E-state index contributed by atoms with van der Waals surface area (Å²) in [5.41, 5.74) is 7.97. The number of nitrogens with zero attached hydrogens (tertiary/aromatic N) is 4. The van der Waals surface area contributed by atoms with Gasteiger partial charge in [0.05, 0.1) is 40.5 Å². The summed E-state index contributed by atoms with van der Waals surface area (Å²) >= 11 is 9.42. The van der Waals surface area contributed by atoms with Crippen molar-refractivity contribution in [2.45, 2.75) is 12.6 Å². The highest BCUT2D eigenvalue weighted by Gasteiger charge is 2.34. The highest BCUT2D eigenvalue weighted by atomic mass is 79.9. The van der Waals surface area contributed by atoms with E-state index in [0.717, 1.165) is 0 Å². The minimum atomic E-state index is -0.794. The van der Waals surface area contributed by atoms with Gasteiger partial charge in [-0.05, 0) is 52.3 Å². The maximum Gasteiger partial charge on any atom is 0.322 e. The summed E-state index contributed by atoms with van der Waals surface area (Å²) in [6, 6.07) is 12.1. The summed E-state index contributed by atoms with van der Waals surface area (Å²) in [7, 11) is 0. The van der Waals surface area contributed by atoms with Crippen molar-refractivity contribution in [2.24, 2.45) is 5.73 Å². The van der Waals surface area contributed by atoms with Crippen molar-refractivity contribution in [3.8, 4) is 17.3 Å². The SMILES string of the molecule is N#Cc1ccc(NC(=O)N2Cc3c(C(N)=O)c(-c4ccc(Cl)c(Br)c4)nn3C(CF)C2)cc1. The predicted molar refractivity (Wildman–Crippen MR) is 124 cm³/mol. The molecule has 1 aliphatic rings. The molecule has 2 heterocycles. The molecule has 11 heteroatoms. The van der Waals surface area contributed by atoms with E-state index in [-0.39, 0.29) is 18.7 Å². The van der Waals surface area contributed by atoms with Crippen LogP contribution in [0.2, 0.25) is 5.02 Å². The molecule has 3 aromatic rings. The van der Waals surface area contributed by atoms with Crippen LogP contribution in [0.4, 0.5) is 14.9 Å². The zero-order valence-corrected chi connectivity index (χ0v) is 19.4. The Hall–Kier alpha value is -3.42. The molecule has 0 radical (unpaired) electrons. The second-order valence-electron chi connectivity index (χ2n) is 7.42. The Balaban J connectivity index is 1.69. The van der Waals surface area contributed by atoms with Crippen molar-refractivity contribution in [3.05, 3.63) is 68.8 Å². The van der Waals surface area contributed by atoms with Crippen LogP contribution < -0.4 is 11.1 Å². The summed E-state index contributed by atoms with van der Waals surface area (Å²) in [5, 5.41) is 16.6. The number of aromatic nitrogens is 2. The van der Waals surface area contributed by atoms with Crippen molar-refractivity contribution in [2.75, 3.05) is 18.5 Å². The zero-order valence-electron chi connectivity index (χ0n) is 17.1. The van der Waals surface area contributed by atoms with Crippen molar-refractivity contribution < 1.29 is 14.0 Å². The lowest BCUT2D eigenvalue weighted by Crippen LogP contribution is -2.44. The number of hydrogen-bond donors (Lipinski definition) is 2. The molecule has 3 N–H and O–H groups in total. The van der Waals surface area contributed by atoms with Gasteiger partial charge in [-0.15, -0.1) is 0 Å². The van der Waals surface area contributed by atoms with Gasteiger partial charge in [-0.2, -0.15) is 10.4 Å². The van der Waals surface area contributed by atoms with Crippen LogP contribution >= 0.6 is 27.5 Å². The number of carbonyl (C=O) groups is 2. The minimum Gasteiger partial charge on any atom is -0.365 e. The van der Waals surface area contributed by atoms with E-state index in [2.05, 4.69) is 26.3 Å². The van der Waals surface area contributed by atoms with E-state index in [1.807, 2.05) is 6.07 Å². The summed E-state index contributed by atoms with van der Waals surface area (Å²) in [4.78, 5) is 26.7. The lowest BCUT2D eigenvalue weighted by atomic mass is 10.0. The van der Waals surface area contributed by atoms with Crippen LogP contribution in [-0.4, -0.2) is 39.8 Å². The molecule has 4 rings (SSSR count). The molecular formula is C22H17BrClFN6O2. The molecule has 3 amide bonds. The predicted octanol–water partition coefficient (Wildman–Crippen LogP) is 4.49. The van der Waals surface area contributed by atoms with Gasteiger partial charge in [-0.3, -0.25) is 9.48 Å². The van der Waals surface area contributed by atoms with Crippen LogP contribution in [0.3, 0.4) is 0 Å². The van der Waals surface area contributed by atoms with E-state index >= 15 is 0 Å². The monoisotopic (exact) mass is 530 g/mol. The Morgan fingerprint density at radius 2 is 2.03 bits per heavy atom. The number of hydrogen-bond acceptors (Lipinski definition) is 4. The van der Waals surface area contributed by atoms with E-state index in [0.29, 0.717) is 37.7 Å². The second kappa shape index (κ2) is 9.21. The molecule has 2 aromatic carbocycles. The third-order valence-corrected chi connectivity index (χ3v) is 6.51. The molecule has 1 aliphatic heterocycles. The minimum absolute atomic E-state index is 0.0125. The average molecular weight is 532 g/mol. The third kappa shape index (κ3) is 4.42. The molecule has 168 valence electrons. The van der Waals surface area contributed by atoms with Crippen LogP contribution in [0.1, 0.15) is 27.7 Å². The lowest BCUT2D eigenvalue weighted by molar-refractivity contribution is 0.0995. The standard InChI is InChI=1S/C22H17BrClFN6O2/c23-16-7-13(3-6-17(16)24)20-19(21(27)32)18-11-30(10-15(8-25)31(18)29-20)22(33)28-14-4-1-12(9-26)2-5-14/h1-7,15H,8,10-11H2,(H2,27,32)(H,28,33). The highest BCUT2D eigenvalue weighted by Crippen LogP contribution is 2.34. The molecular weight excluding hydrogens is 515 g/mol. The number of anilines is 1. The van der Waals surface area contributed by atoms with Crippen LogP contribution in [0.25, 0.3) is 11.3 Å². The summed E-state index contributed by atoms with van der Waals surface area (Å²) in [6.07, 6.45) is 0. The second-order valence-corrected chi connectivity index (χ2v) is 8.68. The number of fused-ring (bicyclic) bond motifs is 1. The molecule has 0 fully saturated rings. The van der Waals surface area contributed by atoms with Gasteiger partial charge in [0.25, 0.3) is 5.91 Å². The van der Waals surface area contributed by atoms with Crippen LogP contribution in [-0.2, 0) is 6.54 Å². The van der Waals surface area contributed by atoms with E-state index < -0.39 is 24.7 Å². The van der Waals surface area contributed by atoms with Crippen LogP contribution in [0.5, 0.6) is 0 Å². The first kappa shape index (κ1) is 22.8. The summed E-state index contributed by atoms with van der Waals surface area (Å²) in [5.74, 6) is -0.732. The number of nitrogens with two attached hydrogens (primary N) is 1. The Morgan fingerprint density at radius 3 is 2.64 bits per heavy atom. The van der Waals surface area contributed by atoms with E-state index in [1.165, 1.54) is 9.58 Å². The first-order valence-corrected chi connectivity index (χ1v) is 11.0. The van der Waals surface area contributed by atoms with Gasteiger partial charge in [-0.25, -0.2) is 9.18 Å². The largest absolute Gasteiger partial charge is 0.365 e. The molecule has 0 bridgehead atoms. The molecule has 0 aliphatic carbocycles. The first-order chi connectivity index (χ1) is 15.8. The van der Waals surface area contributed by atoms with Crippen LogP contribution in [0, 0.1) is 11.3 Å². The van der Waals surface area contributed by atoms with Crippen molar-refractivity contribution in [1.82, 2.24) is 14.7 Å². The van der Waals surface area contributed by atoms with E-state index in [4.69, 9.17) is 22.6 Å². The number of carbonyl (C=O) groups excluding carboxylic acids is 2. The zero-order chi connectivity index (χ0) is 23.7. The van der Waals surface area contributed by atoms with Crippen molar-refractivity contribution >= 4 is 45.2 Å². The Labute approximate surface area is 201 Å². The molecule has 1 unspecified atom stereocenters. The molecule has 1 atom stereocenters. The van der Waals surface area contributed by atoms with Gasteiger partial charge in [-0.1, -0.05) is 17.7 Å². The lowest BCUT2D eigenvalue weighted by Gasteiger charge is -2.33. The molecule has 0 saturated heterocycles. The molecule has 0 spiro atoms. The maximum absolute atomic E-state index is 14.0. The van der Waals surface area contributed by atoms with Crippen molar-refractivity contribution in [3.63, 3.8) is 0 Å². The molecule has 8 nitrogen and oxygen atoms in total. The Morgan fingerprint density at radius 1 is 1.30 bits per heavy atom. The van der Waals surface area contributed by atoms with Gasteiger partial charge >= 0.3 is 6.03 Å². The van der Waals surface area contributed by atoms with E-state index in [1.54, 1.807) is 42.5 Å². The number of rotatable bonds is 4. The quantitative estimate of drug-likeness (QED) is 0.516. The highest BCUT2D eigenvalue weighted by molar-refractivity contribution is 9.10. The fourth-order valence-electron chi connectivity index (χ4n) is 3.70. The normalized spacial score (nSPS) is 15.0. The Bertz CT molecular complexity index is 1290. The van der Waals surface area contributed by atoms with Gasteiger partial charge < -0.3 is 16.0 Å². The topological polar surface area (TPSA) is 117 Å². The maximum atomic E-state index is 14.0. The summed E-state index contributed by atoms with van der Waals surface area (Å²) in [6.45, 7) is -0.731. The van der Waals surface area contributed by atoms with Crippen molar-refractivity contribution in [1.29, 1.82) is 5.26 Å². The van der Waals surface area contributed by atoms with Gasteiger partial charge in [0.1, 0.15) is 12.4 Å². The average Bonchev–Trinajstić information content (AvgIpc) is 3.20. The number of nitrogens with one attached hydrogen (secondary N) is 1. The summed E-state index contributed by atoms with van der Waals surface area (Å²) < 4.78 is 16.0. The van der Waals surface area contributed by atoms with Crippen LogP contribution in [0.15, 0.2) is 46.9 Å².